The van der Waals surface area contributed by atoms with Crippen LogP contribution in [0.15, 0.2) is 97.2 Å². The largest absolute Gasteiger partial charge is 0.497 e. The Morgan fingerprint density at radius 2 is 1.31 bits per heavy atom. The molecule has 0 atom stereocenters. The van der Waals surface area contributed by atoms with Gasteiger partial charge >= 0.3 is 0 Å². The molecule has 3 heterocycles. The van der Waals surface area contributed by atoms with E-state index in [0.29, 0.717) is 11.8 Å². The summed E-state index contributed by atoms with van der Waals surface area (Å²) in [5.74, 6) is 4.35. The number of hydrogen-bond acceptors (Lipinski definition) is 4. The molecule has 0 bridgehead atoms. The fraction of sp³-hybridized carbons (Fsp3) is 0.333. The van der Waals surface area contributed by atoms with E-state index in [1.807, 2.05) is 12.1 Å². The number of para-hydroxylation sites is 1. The number of hydrogen-bond donors (Lipinski definition) is 0. The molecule has 0 N–H and O–H groups in total. The maximum atomic E-state index is 6.72. The highest BCUT2D eigenvalue weighted by atomic mass is 16.5. The summed E-state index contributed by atoms with van der Waals surface area (Å²) < 4.78 is 16.6. The van der Waals surface area contributed by atoms with Crippen molar-refractivity contribution >= 4 is 21.8 Å². The minimum absolute atomic E-state index is 0.620. The summed E-state index contributed by atoms with van der Waals surface area (Å²) in [6, 6.07) is 32.3. The molecule has 0 saturated heterocycles. The molecule has 0 aliphatic heterocycles. The van der Waals surface area contributed by atoms with Crippen molar-refractivity contribution in [1.29, 1.82) is 0 Å². The highest BCUT2D eigenvalue weighted by molar-refractivity contribution is 6.09. The molecule has 0 amide bonds. The molecule has 3 aromatic heterocycles. The van der Waals surface area contributed by atoms with Gasteiger partial charge in [0.05, 0.1) is 29.5 Å². The molecule has 2 fully saturated rings. The lowest BCUT2D eigenvalue weighted by Crippen LogP contribution is -2.11. The quantitative estimate of drug-likeness (QED) is 0.157. The molecule has 7 aromatic rings. The van der Waals surface area contributed by atoms with Crippen molar-refractivity contribution in [2.75, 3.05) is 7.11 Å². The van der Waals surface area contributed by atoms with Gasteiger partial charge in [-0.15, -0.1) is 0 Å². The zero-order chi connectivity index (χ0) is 36.8. The standard InChI is InChI=1S/C48H50N4O2/c1-31-26-36(52-33(3)47(32(2)50-52)48-40(34-14-7-5-8-15-34)19-13-20-41(48)35-16-9-6-10-17-35)28-39(27-31)54-38-22-23-43-42-18-11-12-21-44(42)51(45(43)29-38)46-30-37(53-4)24-25-49-46/h11-13,18-30,34-35H,5-10,14-17H2,1-4H3. The summed E-state index contributed by atoms with van der Waals surface area (Å²) in [6.45, 7) is 6.61. The number of benzene rings is 4. The number of aromatic nitrogens is 4. The molecule has 0 unspecified atom stereocenters. The van der Waals surface area contributed by atoms with E-state index in [-0.39, 0.29) is 0 Å². The van der Waals surface area contributed by atoms with Crippen LogP contribution in [0.3, 0.4) is 0 Å². The molecule has 2 saturated carbocycles. The Morgan fingerprint density at radius 1 is 0.611 bits per heavy atom. The van der Waals surface area contributed by atoms with Crippen LogP contribution < -0.4 is 9.47 Å². The monoisotopic (exact) mass is 714 g/mol. The molecule has 9 rings (SSSR count). The van der Waals surface area contributed by atoms with Crippen molar-refractivity contribution in [2.24, 2.45) is 0 Å². The van der Waals surface area contributed by atoms with Gasteiger partial charge in [0, 0.05) is 46.4 Å². The van der Waals surface area contributed by atoms with E-state index in [4.69, 9.17) is 19.6 Å². The van der Waals surface area contributed by atoms with Gasteiger partial charge in [-0.05, 0) is 117 Å². The second kappa shape index (κ2) is 14.5. The zero-order valence-electron chi connectivity index (χ0n) is 32.1. The van der Waals surface area contributed by atoms with E-state index in [1.165, 1.54) is 86.4 Å². The predicted octanol–water partition coefficient (Wildman–Crippen LogP) is 12.9. The first-order valence-electron chi connectivity index (χ1n) is 20.0. The summed E-state index contributed by atoms with van der Waals surface area (Å²) in [7, 11) is 1.69. The number of methoxy groups -OCH3 is 1. The van der Waals surface area contributed by atoms with Crippen molar-refractivity contribution in [3.05, 3.63) is 125 Å². The Hall–Kier alpha value is -5.36. The van der Waals surface area contributed by atoms with E-state index in [9.17, 15) is 0 Å². The summed E-state index contributed by atoms with van der Waals surface area (Å²) in [6.07, 6.45) is 15.0. The van der Waals surface area contributed by atoms with Gasteiger partial charge < -0.3 is 9.47 Å². The third-order valence-corrected chi connectivity index (χ3v) is 12.1. The van der Waals surface area contributed by atoms with Crippen LogP contribution in [0.4, 0.5) is 0 Å². The van der Waals surface area contributed by atoms with Crippen molar-refractivity contribution in [3.8, 4) is 39.9 Å². The number of ether oxygens (including phenoxy) is 2. The maximum absolute atomic E-state index is 6.72. The summed E-state index contributed by atoms with van der Waals surface area (Å²) >= 11 is 0. The highest BCUT2D eigenvalue weighted by Gasteiger charge is 2.29. The molecular formula is C48H50N4O2. The van der Waals surface area contributed by atoms with E-state index in [0.717, 1.165) is 56.4 Å². The van der Waals surface area contributed by atoms with Crippen LogP contribution in [0.2, 0.25) is 0 Å². The molecule has 6 heteroatoms. The fourth-order valence-corrected chi connectivity index (χ4v) is 9.60. The average molecular weight is 715 g/mol. The molecule has 0 spiro atoms. The maximum Gasteiger partial charge on any atom is 0.141 e. The van der Waals surface area contributed by atoms with Crippen LogP contribution in [-0.2, 0) is 0 Å². The Morgan fingerprint density at radius 3 is 2.04 bits per heavy atom. The van der Waals surface area contributed by atoms with Crippen LogP contribution in [-0.4, -0.2) is 26.4 Å². The van der Waals surface area contributed by atoms with Crippen LogP contribution in [0, 0.1) is 20.8 Å². The Balaban J connectivity index is 1.11. The van der Waals surface area contributed by atoms with Gasteiger partial charge in [-0.3, -0.25) is 4.57 Å². The molecule has 2 aliphatic carbocycles. The number of rotatable bonds is 8. The average Bonchev–Trinajstić information content (AvgIpc) is 3.70. The third kappa shape index (κ3) is 6.25. The van der Waals surface area contributed by atoms with Crippen molar-refractivity contribution < 1.29 is 9.47 Å². The summed E-state index contributed by atoms with van der Waals surface area (Å²) in [4.78, 5) is 4.74. The van der Waals surface area contributed by atoms with E-state index in [2.05, 4.69) is 109 Å². The Bertz CT molecular complexity index is 2440. The Labute approximate surface area is 318 Å². The summed E-state index contributed by atoms with van der Waals surface area (Å²) in [5.41, 5.74) is 12.4. The normalized spacial score (nSPS) is 15.6. The van der Waals surface area contributed by atoms with E-state index < -0.39 is 0 Å². The van der Waals surface area contributed by atoms with E-state index >= 15 is 0 Å². The minimum atomic E-state index is 0.620. The van der Waals surface area contributed by atoms with Gasteiger partial charge in [-0.2, -0.15) is 5.10 Å². The molecule has 54 heavy (non-hydrogen) atoms. The second-order valence-corrected chi connectivity index (χ2v) is 15.6. The van der Waals surface area contributed by atoms with Crippen molar-refractivity contribution in [1.82, 2.24) is 19.3 Å². The number of nitrogens with zero attached hydrogens (tertiary/aromatic N) is 4. The smallest absolute Gasteiger partial charge is 0.141 e. The lowest BCUT2D eigenvalue weighted by atomic mass is 9.75. The second-order valence-electron chi connectivity index (χ2n) is 15.6. The molecular weight excluding hydrogens is 665 g/mol. The van der Waals surface area contributed by atoms with E-state index in [1.54, 1.807) is 24.4 Å². The highest BCUT2D eigenvalue weighted by Crippen LogP contribution is 2.47. The van der Waals surface area contributed by atoms with Crippen LogP contribution in [0.1, 0.15) is 104 Å². The molecule has 6 nitrogen and oxygen atoms in total. The molecule has 4 aromatic carbocycles. The number of fused-ring (bicyclic) bond motifs is 3. The molecule has 274 valence electrons. The fourth-order valence-electron chi connectivity index (χ4n) is 9.60. The van der Waals surface area contributed by atoms with Crippen molar-refractivity contribution in [3.63, 3.8) is 0 Å². The van der Waals surface area contributed by atoms with Gasteiger partial charge in [-0.25, -0.2) is 9.67 Å². The zero-order valence-corrected chi connectivity index (χ0v) is 32.1. The van der Waals surface area contributed by atoms with Crippen LogP contribution >= 0.6 is 0 Å². The van der Waals surface area contributed by atoms with Crippen molar-refractivity contribution in [2.45, 2.75) is 96.8 Å². The SMILES string of the molecule is COc1ccnc(-n2c3ccccc3c3ccc(Oc4cc(C)cc(-n5nc(C)c(-c6c(C7CCCCC7)cccc6C6CCCCC6)c5C)c4)cc32)c1. The first-order valence-corrected chi connectivity index (χ1v) is 20.0. The van der Waals surface area contributed by atoms with Gasteiger partial charge in [0.25, 0.3) is 0 Å². The van der Waals surface area contributed by atoms with Gasteiger partial charge in [0.1, 0.15) is 23.1 Å². The minimum Gasteiger partial charge on any atom is -0.497 e. The topological polar surface area (TPSA) is 54.1 Å². The van der Waals surface area contributed by atoms with Gasteiger partial charge in [0.15, 0.2) is 0 Å². The van der Waals surface area contributed by atoms with Gasteiger partial charge in [0.2, 0.25) is 0 Å². The Kier molecular flexibility index (Phi) is 9.22. The molecule has 0 radical (unpaired) electrons. The first kappa shape index (κ1) is 34.4. The third-order valence-electron chi connectivity index (χ3n) is 12.1. The number of pyridine rings is 1. The molecule has 2 aliphatic rings. The first-order chi connectivity index (χ1) is 26.5. The summed E-state index contributed by atoms with van der Waals surface area (Å²) in [5, 5.41) is 7.59. The lowest BCUT2D eigenvalue weighted by molar-refractivity contribution is 0.414. The number of aryl methyl sites for hydroxylation is 2. The predicted molar refractivity (Wildman–Crippen MR) is 220 cm³/mol. The van der Waals surface area contributed by atoms with Gasteiger partial charge in [-0.1, -0.05) is 74.9 Å². The lowest BCUT2D eigenvalue weighted by Gasteiger charge is -2.30. The van der Waals surface area contributed by atoms with Crippen LogP contribution in [0.5, 0.6) is 17.2 Å². The van der Waals surface area contributed by atoms with Crippen LogP contribution in [0.25, 0.3) is 44.4 Å².